The summed E-state index contributed by atoms with van der Waals surface area (Å²) in [4.78, 5) is 28.5. The van der Waals surface area contributed by atoms with Crippen LogP contribution in [0.25, 0.3) is 0 Å². The lowest BCUT2D eigenvalue weighted by Crippen LogP contribution is -2.13. The predicted octanol–water partition coefficient (Wildman–Crippen LogP) is 0.851. The summed E-state index contributed by atoms with van der Waals surface area (Å²) in [5, 5.41) is 9.13. The van der Waals surface area contributed by atoms with Gasteiger partial charge in [0, 0.05) is 0 Å². The number of hydrogen-bond acceptors (Lipinski definition) is 6. The summed E-state index contributed by atoms with van der Waals surface area (Å²) in [6.07, 6.45) is 1.11. The Hall–Kier alpha value is -3.03. The Kier molecular flexibility index (Phi) is 3.56. The maximum Gasteiger partial charge on any atom is 0.339 e. The van der Waals surface area contributed by atoms with E-state index in [4.69, 9.17) is 20.3 Å². The number of aromatic nitrogens is 2. The fourth-order valence-electron chi connectivity index (χ4n) is 1.47. The zero-order chi connectivity index (χ0) is 14.7. The van der Waals surface area contributed by atoms with Gasteiger partial charge in [-0.2, -0.15) is 0 Å². The van der Waals surface area contributed by atoms with Gasteiger partial charge in [-0.3, -0.25) is 4.79 Å². The highest BCUT2D eigenvalue weighted by molar-refractivity contribution is 5.91. The molecule has 0 aliphatic carbocycles. The van der Waals surface area contributed by atoms with Gasteiger partial charge in [-0.15, -0.1) is 0 Å². The molecule has 0 saturated heterocycles. The Morgan fingerprint density at radius 1 is 1.45 bits per heavy atom. The lowest BCUT2D eigenvalue weighted by Gasteiger charge is -2.10. The van der Waals surface area contributed by atoms with Gasteiger partial charge in [-0.05, 0) is 18.2 Å². The van der Waals surface area contributed by atoms with Crippen molar-refractivity contribution in [1.82, 2.24) is 9.97 Å². The van der Waals surface area contributed by atoms with Crippen LogP contribution in [0.3, 0.4) is 0 Å². The summed E-state index contributed by atoms with van der Waals surface area (Å²) in [6, 6.07) is 4.21. The number of aromatic amines is 1. The maximum atomic E-state index is 11.3. The molecule has 0 spiro atoms. The SMILES string of the molecule is COc1ccc(Oc2nc[nH]c(=O)c2N)c(C(=O)O)c1. The summed E-state index contributed by atoms with van der Waals surface area (Å²) >= 11 is 0. The Morgan fingerprint density at radius 2 is 2.20 bits per heavy atom. The summed E-state index contributed by atoms with van der Waals surface area (Å²) < 4.78 is 10.2. The van der Waals surface area contributed by atoms with Crippen LogP contribution in [0.4, 0.5) is 5.69 Å². The summed E-state index contributed by atoms with van der Waals surface area (Å²) in [5.41, 5.74) is 4.57. The Labute approximate surface area is 112 Å². The van der Waals surface area contributed by atoms with Crippen molar-refractivity contribution < 1.29 is 19.4 Å². The first-order chi connectivity index (χ1) is 9.52. The average molecular weight is 277 g/mol. The van der Waals surface area contributed by atoms with E-state index in [1.807, 2.05) is 0 Å². The molecule has 4 N–H and O–H groups in total. The molecule has 0 saturated carbocycles. The van der Waals surface area contributed by atoms with Crippen molar-refractivity contribution in [2.75, 3.05) is 12.8 Å². The average Bonchev–Trinajstić information content (AvgIpc) is 2.44. The van der Waals surface area contributed by atoms with Crippen molar-refractivity contribution in [1.29, 1.82) is 0 Å². The summed E-state index contributed by atoms with van der Waals surface area (Å²) in [5.74, 6) is -1.01. The number of aromatic carboxylic acids is 1. The second-order valence-corrected chi connectivity index (χ2v) is 3.72. The number of anilines is 1. The van der Waals surface area contributed by atoms with E-state index < -0.39 is 11.5 Å². The first-order valence-corrected chi connectivity index (χ1v) is 5.45. The van der Waals surface area contributed by atoms with Crippen LogP contribution in [0, 0.1) is 0 Å². The van der Waals surface area contributed by atoms with E-state index in [9.17, 15) is 9.59 Å². The van der Waals surface area contributed by atoms with Gasteiger partial charge in [0.1, 0.15) is 17.1 Å². The largest absolute Gasteiger partial charge is 0.497 e. The van der Waals surface area contributed by atoms with Crippen molar-refractivity contribution in [3.63, 3.8) is 0 Å². The molecule has 0 aliphatic rings. The number of carboxylic acid groups (broad SMARTS) is 1. The molecule has 1 heterocycles. The van der Waals surface area contributed by atoms with Crippen LogP contribution in [0.2, 0.25) is 0 Å². The van der Waals surface area contributed by atoms with Crippen LogP contribution in [0.15, 0.2) is 29.3 Å². The molecule has 1 aromatic heterocycles. The fourth-order valence-corrected chi connectivity index (χ4v) is 1.47. The van der Waals surface area contributed by atoms with Crippen molar-refractivity contribution in [3.05, 3.63) is 40.4 Å². The van der Waals surface area contributed by atoms with E-state index >= 15 is 0 Å². The van der Waals surface area contributed by atoms with E-state index in [1.165, 1.54) is 25.3 Å². The standard InChI is InChI=1S/C12H11N3O5/c1-19-6-2-3-8(7(4-6)12(17)18)20-11-9(13)10(16)14-5-15-11/h2-5H,13H2,1H3,(H,17,18)(H,14,15,16). The zero-order valence-corrected chi connectivity index (χ0v) is 10.4. The number of benzene rings is 1. The van der Waals surface area contributed by atoms with Crippen molar-refractivity contribution in [2.24, 2.45) is 0 Å². The first kappa shape index (κ1) is 13.4. The molecular weight excluding hydrogens is 266 g/mol. The highest BCUT2D eigenvalue weighted by atomic mass is 16.5. The van der Waals surface area contributed by atoms with Gasteiger partial charge in [0.15, 0.2) is 5.69 Å². The monoisotopic (exact) mass is 277 g/mol. The number of nitrogens with two attached hydrogens (primary N) is 1. The van der Waals surface area contributed by atoms with Crippen LogP contribution < -0.4 is 20.8 Å². The third-order valence-electron chi connectivity index (χ3n) is 2.48. The number of hydrogen-bond donors (Lipinski definition) is 3. The minimum absolute atomic E-state index is 0.00287. The van der Waals surface area contributed by atoms with Crippen LogP contribution in [0.5, 0.6) is 17.4 Å². The minimum Gasteiger partial charge on any atom is -0.497 e. The smallest absolute Gasteiger partial charge is 0.339 e. The number of nitrogens with one attached hydrogen (secondary N) is 1. The van der Waals surface area contributed by atoms with Gasteiger partial charge in [0.2, 0.25) is 5.88 Å². The van der Waals surface area contributed by atoms with Gasteiger partial charge in [0.25, 0.3) is 5.56 Å². The Balaban J connectivity index is 2.45. The van der Waals surface area contributed by atoms with E-state index in [2.05, 4.69) is 9.97 Å². The quantitative estimate of drug-likeness (QED) is 0.755. The molecule has 0 radical (unpaired) electrons. The van der Waals surface area contributed by atoms with Gasteiger partial charge >= 0.3 is 5.97 Å². The highest BCUT2D eigenvalue weighted by Crippen LogP contribution is 2.29. The lowest BCUT2D eigenvalue weighted by molar-refractivity contribution is 0.0693. The van der Waals surface area contributed by atoms with E-state index in [-0.39, 0.29) is 22.9 Å². The number of carboxylic acids is 1. The molecule has 20 heavy (non-hydrogen) atoms. The molecule has 0 atom stereocenters. The van der Waals surface area contributed by atoms with E-state index in [1.54, 1.807) is 0 Å². The molecule has 0 bridgehead atoms. The van der Waals surface area contributed by atoms with Crippen LogP contribution in [0.1, 0.15) is 10.4 Å². The minimum atomic E-state index is -1.21. The van der Waals surface area contributed by atoms with Gasteiger partial charge in [-0.25, -0.2) is 9.78 Å². The van der Waals surface area contributed by atoms with Crippen molar-refractivity contribution in [2.45, 2.75) is 0 Å². The topological polar surface area (TPSA) is 128 Å². The molecule has 8 heteroatoms. The molecule has 2 rings (SSSR count). The lowest BCUT2D eigenvalue weighted by atomic mass is 10.2. The molecule has 0 amide bonds. The fraction of sp³-hybridized carbons (Fsp3) is 0.0833. The third kappa shape index (κ3) is 2.53. The third-order valence-corrected chi connectivity index (χ3v) is 2.48. The molecule has 1 aromatic carbocycles. The predicted molar refractivity (Wildman–Crippen MR) is 69.3 cm³/mol. The Bertz CT molecular complexity index is 710. The zero-order valence-electron chi connectivity index (χ0n) is 10.4. The number of rotatable bonds is 4. The maximum absolute atomic E-state index is 11.3. The van der Waals surface area contributed by atoms with Crippen molar-refractivity contribution >= 4 is 11.7 Å². The Morgan fingerprint density at radius 3 is 2.85 bits per heavy atom. The summed E-state index contributed by atoms with van der Waals surface area (Å²) in [6.45, 7) is 0. The number of nitrogen functional groups attached to an aromatic ring is 1. The van der Waals surface area contributed by atoms with E-state index in [0.717, 1.165) is 6.33 Å². The van der Waals surface area contributed by atoms with E-state index in [0.29, 0.717) is 5.75 Å². The molecule has 0 fully saturated rings. The number of methoxy groups -OCH3 is 1. The van der Waals surface area contributed by atoms with Gasteiger partial charge in [0.05, 0.1) is 13.4 Å². The van der Waals surface area contributed by atoms with Crippen LogP contribution >= 0.6 is 0 Å². The molecular formula is C12H11N3O5. The van der Waals surface area contributed by atoms with Crippen molar-refractivity contribution in [3.8, 4) is 17.4 Å². The molecule has 104 valence electrons. The van der Waals surface area contributed by atoms with Gasteiger partial charge < -0.3 is 25.3 Å². The van der Waals surface area contributed by atoms with Crippen LogP contribution in [-0.4, -0.2) is 28.2 Å². The number of H-pyrrole nitrogens is 1. The first-order valence-electron chi connectivity index (χ1n) is 5.45. The normalized spacial score (nSPS) is 10.1. The number of ether oxygens (including phenoxy) is 2. The number of carbonyl (C=O) groups is 1. The second kappa shape index (κ2) is 5.31. The van der Waals surface area contributed by atoms with Crippen LogP contribution in [-0.2, 0) is 0 Å². The molecule has 0 unspecified atom stereocenters. The van der Waals surface area contributed by atoms with Gasteiger partial charge in [-0.1, -0.05) is 0 Å². The highest BCUT2D eigenvalue weighted by Gasteiger charge is 2.16. The molecule has 2 aromatic rings. The summed E-state index contributed by atoms with van der Waals surface area (Å²) in [7, 11) is 1.41. The second-order valence-electron chi connectivity index (χ2n) is 3.72. The number of nitrogens with zero attached hydrogens (tertiary/aromatic N) is 1. The molecule has 8 nitrogen and oxygen atoms in total. The molecule has 0 aliphatic heterocycles.